The SMILES string of the molecule is CCc1ccccc1NC(=O)CNC(=O)CN1C(=O)[C@H](C)Oc2ccccc21. The van der Waals surface area contributed by atoms with Crippen LogP contribution >= 0.6 is 0 Å². The van der Waals surface area contributed by atoms with Crippen LogP contribution in [0.2, 0.25) is 0 Å². The average Bonchev–Trinajstić information content (AvgIpc) is 2.70. The molecule has 3 rings (SSSR count). The maximum Gasteiger partial charge on any atom is 0.268 e. The van der Waals surface area contributed by atoms with Gasteiger partial charge in [-0.05, 0) is 37.1 Å². The number of benzene rings is 2. The van der Waals surface area contributed by atoms with E-state index in [1.165, 1.54) is 4.90 Å². The van der Waals surface area contributed by atoms with Gasteiger partial charge in [0.15, 0.2) is 6.10 Å². The average molecular weight is 381 g/mol. The molecule has 0 fully saturated rings. The van der Waals surface area contributed by atoms with Gasteiger partial charge in [-0.25, -0.2) is 0 Å². The second kappa shape index (κ2) is 8.56. The molecule has 146 valence electrons. The number of hydrogen-bond donors (Lipinski definition) is 2. The number of para-hydroxylation sites is 3. The van der Waals surface area contributed by atoms with Crippen LogP contribution < -0.4 is 20.3 Å². The lowest BCUT2D eigenvalue weighted by Gasteiger charge is -2.32. The van der Waals surface area contributed by atoms with Gasteiger partial charge in [-0.15, -0.1) is 0 Å². The Hall–Kier alpha value is -3.35. The first-order valence-corrected chi connectivity index (χ1v) is 9.21. The number of anilines is 2. The van der Waals surface area contributed by atoms with E-state index in [2.05, 4.69) is 10.6 Å². The van der Waals surface area contributed by atoms with E-state index in [0.717, 1.165) is 17.7 Å². The summed E-state index contributed by atoms with van der Waals surface area (Å²) >= 11 is 0. The molecular formula is C21H23N3O4. The summed E-state index contributed by atoms with van der Waals surface area (Å²) in [5, 5.41) is 5.37. The van der Waals surface area contributed by atoms with Gasteiger partial charge in [-0.2, -0.15) is 0 Å². The summed E-state index contributed by atoms with van der Waals surface area (Å²) in [6, 6.07) is 14.6. The van der Waals surface area contributed by atoms with Gasteiger partial charge < -0.3 is 15.4 Å². The molecule has 0 aliphatic carbocycles. The van der Waals surface area contributed by atoms with Crippen molar-refractivity contribution in [3.63, 3.8) is 0 Å². The topological polar surface area (TPSA) is 87.7 Å². The minimum absolute atomic E-state index is 0.174. The summed E-state index contributed by atoms with van der Waals surface area (Å²) in [5.41, 5.74) is 2.30. The van der Waals surface area contributed by atoms with Crippen LogP contribution in [0.1, 0.15) is 19.4 Å². The van der Waals surface area contributed by atoms with Gasteiger partial charge in [0.1, 0.15) is 12.3 Å². The molecule has 0 saturated heterocycles. The third kappa shape index (κ3) is 4.31. The van der Waals surface area contributed by atoms with E-state index in [1.807, 2.05) is 31.2 Å². The molecule has 0 spiro atoms. The van der Waals surface area contributed by atoms with Crippen molar-refractivity contribution in [2.24, 2.45) is 0 Å². The molecule has 2 aromatic carbocycles. The third-order valence-electron chi connectivity index (χ3n) is 4.49. The Morgan fingerprint density at radius 2 is 1.79 bits per heavy atom. The summed E-state index contributed by atoms with van der Waals surface area (Å²) in [6.45, 7) is 3.29. The van der Waals surface area contributed by atoms with E-state index >= 15 is 0 Å². The van der Waals surface area contributed by atoms with Crippen LogP contribution in [0, 0.1) is 0 Å². The highest BCUT2D eigenvalue weighted by Crippen LogP contribution is 2.33. The van der Waals surface area contributed by atoms with E-state index < -0.39 is 12.0 Å². The van der Waals surface area contributed by atoms with Crippen LogP contribution in [0.3, 0.4) is 0 Å². The quantitative estimate of drug-likeness (QED) is 0.802. The van der Waals surface area contributed by atoms with Crippen molar-refractivity contribution in [3.05, 3.63) is 54.1 Å². The third-order valence-corrected chi connectivity index (χ3v) is 4.49. The van der Waals surface area contributed by atoms with Gasteiger partial charge in [-0.3, -0.25) is 19.3 Å². The Morgan fingerprint density at radius 3 is 2.57 bits per heavy atom. The Morgan fingerprint density at radius 1 is 1.07 bits per heavy atom. The number of fused-ring (bicyclic) bond motifs is 1. The molecule has 1 aliphatic rings. The molecule has 0 bridgehead atoms. The van der Waals surface area contributed by atoms with Crippen LogP contribution in [0.5, 0.6) is 5.75 Å². The van der Waals surface area contributed by atoms with Crippen molar-refractivity contribution < 1.29 is 19.1 Å². The largest absolute Gasteiger partial charge is 0.479 e. The van der Waals surface area contributed by atoms with Crippen molar-refractivity contribution in [2.45, 2.75) is 26.4 Å². The lowest BCUT2D eigenvalue weighted by molar-refractivity contribution is -0.128. The summed E-state index contributed by atoms with van der Waals surface area (Å²) in [5.74, 6) is -0.487. The van der Waals surface area contributed by atoms with Gasteiger partial charge in [0.2, 0.25) is 11.8 Å². The molecule has 2 aromatic rings. The Kier molecular flexibility index (Phi) is 5.93. The van der Waals surface area contributed by atoms with E-state index in [4.69, 9.17) is 4.74 Å². The molecule has 1 heterocycles. The Bertz CT molecular complexity index is 897. The molecule has 0 unspecified atom stereocenters. The van der Waals surface area contributed by atoms with Crippen molar-refractivity contribution in [2.75, 3.05) is 23.3 Å². The fourth-order valence-corrected chi connectivity index (χ4v) is 3.05. The summed E-state index contributed by atoms with van der Waals surface area (Å²) in [7, 11) is 0. The highest BCUT2D eigenvalue weighted by molar-refractivity contribution is 6.04. The molecule has 2 N–H and O–H groups in total. The lowest BCUT2D eigenvalue weighted by atomic mass is 10.1. The monoisotopic (exact) mass is 381 g/mol. The Balaban J connectivity index is 1.58. The second-order valence-electron chi connectivity index (χ2n) is 6.49. The van der Waals surface area contributed by atoms with Crippen molar-refractivity contribution in [1.82, 2.24) is 5.32 Å². The predicted molar refractivity (Wildman–Crippen MR) is 106 cm³/mol. The number of aryl methyl sites for hydroxylation is 1. The van der Waals surface area contributed by atoms with Crippen LogP contribution in [0.15, 0.2) is 48.5 Å². The zero-order valence-electron chi connectivity index (χ0n) is 15.9. The minimum Gasteiger partial charge on any atom is -0.479 e. The van der Waals surface area contributed by atoms with E-state index in [-0.39, 0.29) is 24.9 Å². The summed E-state index contributed by atoms with van der Waals surface area (Å²) in [6.07, 6.45) is 0.121. The predicted octanol–water partition coefficient (Wildman–Crippen LogP) is 2.12. The molecule has 7 nitrogen and oxygen atoms in total. The van der Waals surface area contributed by atoms with Crippen LogP contribution in [0.25, 0.3) is 0 Å². The van der Waals surface area contributed by atoms with Crippen molar-refractivity contribution in [1.29, 1.82) is 0 Å². The molecular weight excluding hydrogens is 358 g/mol. The summed E-state index contributed by atoms with van der Waals surface area (Å²) < 4.78 is 5.56. The minimum atomic E-state index is -0.670. The maximum atomic E-state index is 12.4. The van der Waals surface area contributed by atoms with Gasteiger partial charge in [0.25, 0.3) is 5.91 Å². The number of amides is 3. The first-order valence-electron chi connectivity index (χ1n) is 9.21. The molecule has 0 saturated carbocycles. The number of hydrogen-bond acceptors (Lipinski definition) is 4. The summed E-state index contributed by atoms with van der Waals surface area (Å²) in [4.78, 5) is 38.3. The fraction of sp³-hybridized carbons (Fsp3) is 0.286. The molecule has 3 amide bonds. The van der Waals surface area contributed by atoms with Gasteiger partial charge in [0.05, 0.1) is 12.2 Å². The second-order valence-corrected chi connectivity index (χ2v) is 6.49. The zero-order valence-corrected chi connectivity index (χ0v) is 15.9. The molecule has 0 aromatic heterocycles. The number of carbonyl (C=O) groups excluding carboxylic acids is 3. The Labute approximate surface area is 163 Å². The first kappa shape index (κ1) is 19.4. The van der Waals surface area contributed by atoms with Crippen LogP contribution in [0.4, 0.5) is 11.4 Å². The van der Waals surface area contributed by atoms with Gasteiger partial charge in [0, 0.05) is 5.69 Å². The molecule has 1 aliphatic heterocycles. The maximum absolute atomic E-state index is 12.4. The van der Waals surface area contributed by atoms with Gasteiger partial charge in [-0.1, -0.05) is 37.3 Å². The number of nitrogens with one attached hydrogen (secondary N) is 2. The number of carbonyl (C=O) groups is 3. The molecule has 0 radical (unpaired) electrons. The molecule has 1 atom stereocenters. The normalized spacial score (nSPS) is 15.4. The first-order chi connectivity index (χ1) is 13.5. The van der Waals surface area contributed by atoms with Gasteiger partial charge >= 0.3 is 0 Å². The highest BCUT2D eigenvalue weighted by atomic mass is 16.5. The fourth-order valence-electron chi connectivity index (χ4n) is 3.05. The van der Waals surface area contributed by atoms with E-state index in [0.29, 0.717) is 11.4 Å². The standard InChI is InChI=1S/C21H23N3O4/c1-3-15-8-4-5-9-16(15)23-19(25)12-22-20(26)13-24-17-10-6-7-11-18(17)28-14(2)21(24)27/h4-11,14H,3,12-13H2,1-2H3,(H,22,26)(H,23,25)/t14-/m0/s1. The lowest BCUT2D eigenvalue weighted by Crippen LogP contribution is -2.49. The smallest absolute Gasteiger partial charge is 0.268 e. The number of nitrogens with zero attached hydrogens (tertiary/aromatic N) is 1. The number of ether oxygens (including phenoxy) is 1. The van der Waals surface area contributed by atoms with Crippen molar-refractivity contribution in [3.8, 4) is 5.75 Å². The van der Waals surface area contributed by atoms with Crippen LogP contribution in [-0.4, -0.2) is 36.9 Å². The number of rotatable bonds is 6. The van der Waals surface area contributed by atoms with E-state index in [9.17, 15) is 14.4 Å². The van der Waals surface area contributed by atoms with Crippen molar-refractivity contribution >= 4 is 29.1 Å². The molecule has 28 heavy (non-hydrogen) atoms. The van der Waals surface area contributed by atoms with E-state index in [1.54, 1.807) is 31.2 Å². The molecule has 7 heteroatoms. The van der Waals surface area contributed by atoms with Crippen LogP contribution in [-0.2, 0) is 20.8 Å². The zero-order chi connectivity index (χ0) is 20.1. The highest BCUT2D eigenvalue weighted by Gasteiger charge is 2.32.